The third-order valence-corrected chi connectivity index (χ3v) is 5.50. The van der Waals surface area contributed by atoms with Crippen LogP contribution in [-0.4, -0.2) is 48.6 Å². The van der Waals surface area contributed by atoms with Crippen molar-refractivity contribution in [2.75, 3.05) is 25.4 Å². The van der Waals surface area contributed by atoms with Gasteiger partial charge >= 0.3 is 5.97 Å². The highest BCUT2D eigenvalue weighted by molar-refractivity contribution is 7.89. The first-order valence-electron chi connectivity index (χ1n) is 6.60. The molecule has 0 bridgehead atoms. The highest BCUT2D eigenvalue weighted by Gasteiger charge is 2.32. The Hall–Kier alpha value is -1.64. The molecule has 0 radical (unpaired) electrons. The van der Waals surface area contributed by atoms with Crippen molar-refractivity contribution in [3.63, 3.8) is 0 Å². The smallest absolute Gasteiger partial charge is 0.337 e. The van der Waals surface area contributed by atoms with E-state index >= 15 is 0 Å². The number of rotatable bonds is 4. The number of piperidine rings is 1. The van der Waals surface area contributed by atoms with E-state index in [0.717, 1.165) is 6.42 Å². The van der Waals surface area contributed by atoms with E-state index < -0.39 is 16.0 Å². The third-order valence-electron chi connectivity index (χ3n) is 3.59. The number of carboxylic acids is 1. The number of nitrogens with zero attached hydrogens (tertiary/aromatic N) is 1. The Morgan fingerprint density at radius 3 is 2.76 bits per heavy atom. The van der Waals surface area contributed by atoms with Gasteiger partial charge in [-0.1, -0.05) is 0 Å². The molecule has 0 aliphatic carbocycles. The van der Waals surface area contributed by atoms with Gasteiger partial charge in [0.15, 0.2) is 0 Å². The fourth-order valence-electron chi connectivity index (χ4n) is 2.46. The monoisotopic (exact) mass is 314 g/mol. The molecule has 1 aromatic rings. The van der Waals surface area contributed by atoms with Crippen molar-refractivity contribution in [2.24, 2.45) is 5.92 Å². The molecule has 1 unspecified atom stereocenters. The van der Waals surface area contributed by atoms with Crippen LogP contribution in [-0.2, 0) is 10.0 Å². The van der Waals surface area contributed by atoms with Crippen molar-refractivity contribution >= 4 is 21.7 Å². The highest BCUT2D eigenvalue weighted by atomic mass is 32.2. The molecular formula is C13H18N2O5S. The summed E-state index contributed by atoms with van der Waals surface area (Å²) in [6, 6.07) is 3.72. The number of hydrogen-bond donors (Lipinski definition) is 3. The Morgan fingerprint density at radius 2 is 2.14 bits per heavy atom. The van der Waals surface area contributed by atoms with E-state index in [9.17, 15) is 18.3 Å². The molecule has 1 aromatic carbocycles. The summed E-state index contributed by atoms with van der Waals surface area (Å²) < 4.78 is 26.5. The molecule has 1 aliphatic heterocycles. The number of nitrogen functional groups attached to an aromatic ring is 1. The zero-order valence-electron chi connectivity index (χ0n) is 11.4. The van der Waals surface area contributed by atoms with Gasteiger partial charge in [0.05, 0.1) is 10.5 Å². The van der Waals surface area contributed by atoms with Crippen LogP contribution in [0.1, 0.15) is 23.2 Å². The summed E-state index contributed by atoms with van der Waals surface area (Å²) in [6.45, 7) is 0.411. The van der Waals surface area contributed by atoms with E-state index in [1.807, 2.05) is 0 Å². The fraction of sp³-hybridized carbons (Fsp3) is 0.462. The SMILES string of the molecule is Nc1ccc(C(=O)O)c(S(=O)(=O)N2CCCC(CO)C2)c1. The van der Waals surface area contributed by atoms with E-state index in [1.165, 1.54) is 22.5 Å². The minimum atomic E-state index is -3.94. The molecule has 0 amide bonds. The maximum atomic E-state index is 12.7. The second-order valence-corrected chi connectivity index (χ2v) is 7.02. The summed E-state index contributed by atoms with van der Waals surface area (Å²) in [5, 5.41) is 18.3. The first kappa shape index (κ1) is 15.7. The van der Waals surface area contributed by atoms with Crippen LogP contribution in [0.25, 0.3) is 0 Å². The van der Waals surface area contributed by atoms with Crippen molar-refractivity contribution in [1.82, 2.24) is 4.31 Å². The summed E-state index contributed by atoms with van der Waals surface area (Å²) in [4.78, 5) is 10.9. The number of benzene rings is 1. The normalized spacial score (nSPS) is 20.3. The number of aromatic carboxylic acids is 1. The maximum absolute atomic E-state index is 12.7. The topological polar surface area (TPSA) is 121 Å². The second-order valence-electron chi connectivity index (χ2n) is 5.11. The van der Waals surface area contributed by atoms with Gasteiger partial charge in [-0.25, -0.2) is 13.2 Å². The van der Waals surface area contributed by atoms with E-state index in [1.54, 1.807) is 0 Å². The maximum Gasteiger partial charge on any atom is 0.337 e. The lowest BCUT2D eigenvalue weighted by atomic mass is 10.0. The van der Waals surface area contributed by atoms with Gasteiger partial charge in [0.1, 0.15) is 0 Å². The van der Waals surface area contributed by atoms with Crippen molar-refractivity contribution in [2.45, 2.75) is 17.7 Å². The summed E-state index contributed by atoms with van der Waals surface area (Å²) >= 11 is 0. The average molecular weight is 314 g/mol. The molecule has 8 heteroatoms. The lowest BCUT2D eigenvalue weighted by molar-refractivity contribution is 0.0692. The van der Waals surface area contributed by atoms with Crippen LogP contribution in [0, 0.1) is 5.92 Å². The quantitative estimate of drug-likeness (QED) is 0.690. The second kappa shape index (κ2) is 6.00. The number of aliphatic hydroxyl groups excluding tert-OH is 1. The zero-order valence-corrected chi connectivity index (χ0v) is 12.2. The Morgan fingerprint density at radius 1 is 1.43 bits per heavy atom. The number of carbonyl (C=O) groups is 1. The Bertz CT molecular complexity index is 644. The van der Waals surface area contributed by atoms with E-state index in [-0.39, 0.29) is 35.2 Å². The highest BCUT2D eigenvalue weighted by Crippen LogP contribution is 2.27. The molecule has 0 spiro atoms. The van der Waals surface area contributed by atoms with Crippen LogP contribution in [0.3, 0.4) is 0 Å². The summed E-state index contributed by atoms with van der Waals surface area (Å²) in [5.74, 6) is -1.44. The van der Waals surface area contributed by atoms with E-state index in [4.69, 9.17) is 10.8 Å². The predicted molar refractivity (Wildman–Crippen MR) is 76.4 cm³/mol. The molecule has 1 heterocycles. The van der Waals surface area contributed by atoms with Gasteiger partial charge in [-0.2, -0.15) is 4.31 Å². The fourth-order valence-corrected chi connectivity index (χ4v) is 4.24. The first-order chi connectivity index (χ1) is 9.86. The van der Waals surface area contributed by atoms with Crippen LogP contribution in [0.2, 0.25) is 0 Å². The van der Waals surface area contributed by atoms with Crippen LogP contribution < -0.4 is 5.73 Å². The number of anilines is 1. The Balaban J connectivity index is 2.44. The summed E-state index contributed by atoms with van der Waals surface area (Å²) in [5.41, 5.74) is 5.48. The molecule has 2 rings (SSSR count). The summed E-state index contributed by atoms with van der Waals surface area (Å²) in [6.07, 6.45) is 1.39. The molecular weight excluding hydrogens is 296 g/mol. The molecule has 1 aliphatic rings. The molecule has 0 saturated carbocycles. The molecule has 1 saturated heterocycles. The van der Waals surface area contributed by atoms with Gasteiger partial charge in [0, 0.05) is 25.4 Å². The third kappa shape index (κ3) is 3.17. The molecule has 1 fully saturated rings. The standard InChI is InChI=1S/C13H18N2O5S/c14-10-3-4-11(13(17)18)12(6-10)21(19,20)15-5-1-2-9(7-15)8-16/h3-4,6,9,16H,1-2,5,7-8,14H2,(H,17,18). The van der Waals surface area contributed by atoms with E-state index in [0.29, 0.717) is 13.0 Å². The van der Waals surface area contributed by atoms with Crippen LogP contribution in [0.4, 0.5) is 5.69 Å². The van der Waals surface area contributed by atoms with Crippen molar-refractivity contribution in [3.05, 3.63) is 23.8 Å². The number of sulfonamides is 1. The van der Waals surface area contributed by atoms with Crippen LogP contribution in [0.5, 0.6) is 0 Å². The Labute approximate surface area is 123 Å². The van der Waals surface area contributed by atoms with Crippen LogP contribution in [0.15, 0.2) is 23.1 Å². The van der Waals surface area contributed by atoms with Crippen molar-refractivity contribution < 1.29 is 23.4 Å². The van der Waals surface area contributed by atoms with Crippen molar-refractivity contribution in [1.29, 1.82) is 0 Å². The van der Waals surface area contributed by atoms with Gasteiger partial charge < -0.3 is 15.9 Å². The number of aliphatic hydroxyl groups is 1. The minimum absolute atomic E-state index is 0.0886. The number of hydrogen-bond acceptors (Lipinski definition) is 5. The average Bonchev–Trinajstić information content (AvgIpc) is 2.46. The predicted octanol–water partition coefficient (Wildman–Crippen LogP) is 0.360. The van der Waals surface area contributed by atoms with Gasteiger partial charge in [0.2, 0.25) is 10.0 Å². The molecule has 21 heavy (non-hydrogen) atoms. The van der Waals surface area contributed by atoms with Crippen LogP contribution >= 0.6 is 0 Å². The largest absolute Gasteiger partial charge is 0.478 e. The van der Waals surface area contributed by atoms with Gasteiger partial charge in [-0.15, -0.1) is 0 Å². The van der Waals surface area contributed by atoms with E-state index in [2.05, 4.69) is 0 Å². The Kier molecular flexibility index (Phi) is 4.50. The van der Waals surface area contributed by atoms with Gasteiger partial charge in [-0.3, -0.25) is 0 Å². The number of nitrogens with two attached hydrogens (primary N) is 1. The van der Waals surface area contributed by atoms with Gasteiger partial charge in [-0.05, 0) is 37.0 Å². The number of carboxylic acid groups (broad SMARTS) is 1. The first-order valence-corrected chi connectivity index (χ1v) is 8.04. The molecule has 116 valence electrons. The molecule has 7 nitrogen and oxygen atoms in total. The zero-order chi connectivity index (χ0) is 15.6. The molecule has 4 N–H and O–H groups in total. The van der Waals surface area contributed by atoms with Crippen molar-refractivity contribution in [3.8, 4) is 0 Å². The minimum Gasteiger partial charge on any atom is -0.478 e. The van der Waals surface area contributed by atoms with Gasteiger partial charge in [0.25, 0.3) is 0 Å². The summed E-state index contributed by atoms with van der Waals surface area (Å²) in [7, 11) is -3.94. The lowest BCUT2D eigenvalue weighted by Crippen LogP contribution is -2.41. The lowest BCUT2D eigenvalue weighted by Gasteiger charge is -2.31. The molecule has 1 atom stereocenters. The molecule has 0 aromatic heterocycles.